The first kappa shape index (κ1) is 18.7. The summed E-state index contributed by atoms with van der Waals surface area (Å²) < 4.78 is 0. The van der Waals surface area contributed by atoms with Gasteiger partial charge in [-0.15, -0.1) is 11.8 Å². The van der Waals surface area contributed by atoms with Crippen LogP contribution in [-0.2, 0) is 17.0 Å². The number of nitrogens with one attached hydrogen (secondary N) is 1. The quantitative estimate of drug-likeness (QED) is 0.676. The summed E-state index contributed by atoms with van der Waals surface area (Å²) in [6.07, 6.45) is 2.41. The van der Waals surface area contributed by atoms with E-state index in [9.17, 15) is 4.79 Å². The average molecular weight is 385 g/mol. The van der Waals surface area contributed by atoms with E-state index in [4.69, 9.17) is 16.6 Å². The van der Waals surface area contributed by atoms with Gasteiger partial charge in [-0.1, -0.05) is 29.8 Å². The molecule has 2 bridgehead atoms. The van der Waals surface area contributed by atoms with Crippen molar-refractivity contribution in [1.29, 1.82) is 0 Å². The van der Waals surface area contributed by atoms with Crippen molar-refractivity contribution >= 4 is 41.0 Å². The number of nitrogens with zero attached hydrogens (tertiary/aromatic N) is 1. The SMILES string of the molecule is C=Cc1nc(SCc2ccc(Cl)cc2C)c2cc1NC(=O)/C(C)=C(/C)C2. The maximum absolute atomic E-state index is 12.3. The summed E-state index contributed by atoms with van der Waals surface area (Å²) in [5.41, 5.74) is 6.78. The number of amides is 1. The minimum Gasteiger partial charge on any atom is -0.320 e. The highest BCUT2D eigenvalue weighted by Gasteiger charge is 2.19. The number of halogens is 1. The van der Waals surface area contributed by atoms with Gasteiger partial charge in [0.15, 0.2) is 0 Å². The zero-order valence-electron chi connectivity index (χ0n) is 15.1. The second-order valence-corrected chi connectivity index (χ2v) is 7.89. The molecule has 1 N–H and O–H groups in total. The van der Waals surface area contributed by atoms with Gasteiger partial charge in [-0.05, 0) is 68.2 Å². The Morgan fingerprint density at radius 2 is 2.08 bits per heavy atom. The average Bonchev–Trinajstić information content (AvgIpc) is 2.60. The molecule has 0 radical (unpaired) electrons. The molecular weight excluding hydrogens is 364 g/mol. The molecule has 1 aromatic carbocycles. The second kappa shape index (κ2) is 7.68. The van der Waals surface area contributed by atoms with Crippen LogP contribution in [0.1, 0.15) is 36.2 Å². The van der Waals surface area contributed by atoms with Crippen LogP contribution in [0.15, 0.2) is 47.0 Å². The molecule has 0 atom stereocenters. The van der Waals surface area contributed by atoms with Crippen LogP contribution in [0, 0.1) is 6.92 Å². The van der Waals surface area contributed by atoms with Gasteiger partial charge >= 0.3 is 0 Å². The number of aryl methyl sites for hydroxylation is 1. The van der Waals surface area contributed by atoms with E-state index in [0.29, 0.717) is 5.69 Å². The van der Waals surface area contributed by atoms with E-state index < -0.39 is 0 Å². The number of hydrogen-bond acceptors (Lipinski definition) is 3. The van der Waals surface area contributed by atoms with Crippen LogP contribution < -0.4 is 5.32 Å². The molecule has 3 rings (SSSR count). The number of thioether (sulfide) groups is 1. The molecule has 0 aliphatic carbocycles. The van der Waals surface area contributed by atoms with E-state index in [-0.39, 0.29) is 5.91 Å². The summed E-state index contributed by atoms with van der Waals surface area (Å²) in [6.45, 7) is 9.77. The Bertz CT molecular complexity index is 934. The summed E-state index contributed by atoms with van der Waals surface area (Å²) in [5, 5.41) is 4.67. The fraction of sp³-hybridized carbons (Fsp3) is 0.238. The van der Waals surface area contributed by atoms with Crippen molar-refractivity contribution in [3.63, 3.8) is 0 Å². The van der Waals surface area contributed by atoms with Gasteiger partial charge in [-0.3, -0.25) is 4.79 Å². The molecule has 5 heteroatoms. The van der Waals surface area contributed by atoms with Crippen LogP contribution in [0.5, 0.6) is 0 Å². The highest BCUT2D eigenvalue weighted by molar-refractivity contribution is 7.98. The molecule has 3 nitrogen and oxygen atoms in total. The van der Waals surface area contributed by atoms with Gasteiger partial charge in [0.25, 0.3) is 5.91 Å². The first-order valence-corrected chi connectivity index (χ1v) is 9.77. The molecule has 0 unspecified atom stereocenters. The van der Waals surface area contributed by atoms with E-state index in [1.165, 1.54) is 11.1 Å². The molecule has 0 spiro atoms. The van der Waals surface area contributed by atoms with Crippen LogP contribution in [0.4, 0.5) is 5.69 Å². The monoisotopic (exact) mass is 384 g/mol. The van der Waals surface area contributed by atoms with E-state index in [2.05, 4.69) is 24.9 Å². The number of fused-ring (bicyclic) bond motifs is 2. The number of benzene rings is 1. The fourth-order valence-electron chi connectivity index (χ4n) is 2.85. The summed E-state index contributed by atoms with van der Waals surface area (Å²) >= 11 is 7.75. The number of aromatic nitrogens is 1. The third-order valence-electron chi connectivity index (χ3n) is 4.64. The van der Waals surface area contributed by atoms with Gasteiger partial charge in [-0.25, -0.2) is 4.98 Å². The molecule has 0 saturated heterocycles. The van der Waals surface area contributed by atoms with Crippen molar-refractivity contribution < 1.29 is 4.79 Å². The van der Waals surface area contributed by atoms with Crippen LogP contribution in [0.3, 0.4) is 0 Å². The predicted octanol–water partition coefficient (Wildman–Crippen LogP) is 5.81. The van der Waals surface area contributed by atoms with Crippen molar-refractivity contribution in [3.05, 3.63) is 69.4 Å². The van der Waals surface area contributed by atoms with E-state index >= 15 is 0 Å². The Balaban J connectivity index is 1.95. The maximum atomic E-state index is 12.3. The van der Waals surface area contributed by atoms with Crippen LogP contribution in [0.2, 0.25) is 5.02 Å². The van der Waals surface area contributed by atoms with Crippen LogP contribution >= 0.6 is 23.4 Å². The molecule has 1 aliphatic rings. The van der Waals surface area contributed by atoms with E-state index in [1.54, 1.807) is 17.8 Å². The largest absolute Gasteiger partial charge is 0.320 e. The number of rotatable bonds is 4. The van der Waals surface area contributed by atoms with Gasteiger partial charge in [0.2, 0.25) is 0 Å². The number of pyridine rings is 1. The molecule has 1 aromatic heterocycles. The molecule has 2 aromatic rings. The summed E-state index contributed by atoms with van der Waals surface area (Å²) in [4.78, 5) is 17.0. The van der Waals surface area contributed by atoms with Crippen molar-refractivity contribution in [2.45, 2.75) is 38.0 Å². The Morgan fingerprint density at radius 1 is 1.31 bits per heavy atom. The lowest BCUT2D eigenvalue weighted by Crippen LogP contribution is -2.18. The Kier molecular flexibility index (Phi) is 5.54. The summed E-state index contributed by atoms with van der Waals surface area (Å²) in [6, 6.07) is 7.98. The van der Waals surface area contributed by atoms with Crippen LogP contribution in [-0.4, -0.2) is 10.9 Å². The van der Waals surface area contributed by atoms with Gasteiger partial charge < -0.3 is 5.32 Å². The second-order valence-electron chi connectivity index (χ2n) is 6.49. The normalized spacial score (nSPS) is 16.7. The number of carbonyl (C=O) groups is 1. The van der Waals surface area contributed by atoms with Crippen LogP contribution in [0.25, 0.3) is 6.08 Å². The topological polar surface area (TPSA) is 42.0 Å². The smallest absolute Gasteiger partial charge is 0.251 e. The lowest BCUT2D eigenvalue weighted by atomic mass is 10.00. The van der Waals surface area contributed by atoms with E-state index in [0.717, 1.165) is 44.6 Å². The molecule has 2 heterocycles. The first-order valence-electron chi connectivity index (χ1n) is 8.41. The fourth-order valence-corrected chi connectivity index (χ4v) is 4.18. The minimum absolute atomic E-state index is 0.0738. The highest BCUT2D eigenvalue weighted by atomic mass is 35.5. The number of anilines is 1. The third kappa shape index (κ3) is 3.87. The summed E-state index contributed by atoms with van der Waals surface area (Å²) in [7, 11) is 0. The predicted molar refractivity (Wildman–Crippen MR) is 111 cm³/mol. The number of allylic oxidation sites excluding steroid dienone is 1. The lowest BCUT2D eigenvalue weighted by Gasteiger charge is -2.19. The zero-order chi connectivity index (χ0) is 18.8. The van der Waals surface area contributed by atoms with Crippen molar-refractivity contribution in [2.24, 2.45) is 0 Å². The molecular formula is C21H21ClN2OS. The van der Waals surface area contributed by atoms with Gasteiger partial charge in [0.1, 0.15) is 5.03 Å². The maximum Gasteiger partial charge on any atom is 0.251 e. The van der Waals surface area contributed by atoms with Crippen molar-refractivity contribution in [2.75, 3.05) is 5.32 Å². The van der Waals surface area contributed by atoms with Crippen molar-refractivity contribution in [3.8, 4) is 0 Å². The molecule has 1 aliphatic heterocycles. The van der Waals surface area contributed by atoms with Gasteiger partial charge in [0, 0.05) is 16.3 Å². The highest BCUT2D eigenvalue weighted by Crippen LogP contribution is 2.33. The Hall–Kier alpha value is -2.04. The molecule has 1 amide bonds. The molecule has 0 saturated carbocycles. The van der Waals surface area contributed by atoms with Gasteiger partial charge in [-0.2, -0.15) is 0 Å². The number of carbonyl (C=O) groups excluding carboxylic acids is 1. The lowest BCUT2D eigenvalue weighted by molar-refractivity contribution is -0.112. The number of hydrogen-bond donors (Lipinski definition) is 1. The van der Waals surface area contributed by atoms with Gasteiger partial charge in [0.05, 0.1) is 11.4 Å². The Morgan fingerprint density at radius 3 is 2.77 bits per heavy atom. The summed E-state index contributed by atoms with van der Waals surface area (Å²) in [5.74, 6) is 0.739. The standard InChI is InChI=1S/C21H21ClN2OS/c1-5-18-19-10-16(8-12(2)14(4)20(25)23-19)21(24-18)26-11-15-6-7-17(22)9-13(15)3/h5-7,9-10H,1,8,11H2,2-4H3,(H,23,25)/b14-12-. The zero-order valence-corrected chi connectivity index (χ0v) is 16.7. The molecule has 134 valence electrons. The minimum atomic E-state index is -0.0738. The Labute approximate surface area is 163 Å². The molecule has 0 fully saturated rings. The first-order chi connectivity index (χ1) is 12.4. The molecule has 26 heavy (non-hydrogen) atoms. The van der Waals surface area contributed by atoms with E-state index in [1.807, 2.05) is 32.0 Å². The third-order valence-corrected chi connectivity index (χ3v) is 5.96. The van der Waals surface area contributed by atoms with Crippen molar-refractivity contribution in [1.82, 2.24) is 4.98 Å².